The van der Waals surface area contributed by atoms with E-state index in [1.807, 2.05) is 66.7 Å². The van der Waals surface area contributed by atoms with Crippen LogP contribution in [0.3, 0.4) is 0 Å². The number of aryl methyl sites for hydroxylation is 1. The first-order chi connectivity index (χ1) is 17.1. The van der Waals surface area contributed by atoms with Gasteiger partial charge in [0.05, 0.1) is 12.5 Å². The van der Waals surface area contributed by atoms with Gasteiger partial charge >= 0.3 is 5.97 Å². The van der Waals surface area contributed by atoms with E-state index in [0.29, 0.717) is 12.0 Å². The van der Waals surface area contributed by atoms with Gasteiger partial charge in [-0.15, -0.1) is 0 Å². The van der Waals surface area contributed by atoms with Crippen LogP contribution in [0.15, 0.2) is 78.9 Å². The van der Waals surface area contributed by atoms with Gasteiger partial charge in [0.25, 0.3) is 0 Å². The summed E-state index contributed by atoms with van der Waals surface area (Å²) >= 11 is 0. The van der Waals surface area contributed by atoms with Crippen molar-refractivity contribution in [3.63, 3.8) is 0 Å². The van der Waals surface area contributed by atoms with E-state index in [2.05, 4.69) is 6.92 Å². The van der Waals surface area contributed by atoms with Crippen LogP contribution in [-0.4, -0.2) is 23.5 Å². The highest BCUT2D eigenvalue weighted by Crippen LogP contribution is 2.24. The number of carboxylic acids is 1. The Morgan fingerprint density at radius 3 is 2.09 bits per heavy atom. The molecule has 1 atom stereocenters. The molecule has 35 heavy (non-hydrogen) atoms. The molecule has 0 aromatic heterocycles. The van der Waals surface area contributed by atoms with Crippen molar-refractivity contribution >= 4 is 11.8 Å². The predicted molar refractivity (Wildman–Crippen MR) is 141 cm³/mol. The fraction of sp³-hybridized carbons (Fsp3) is 0.355. The number of hydrogen-bond acceptors (Lipinski definition) is 3. The SMILES string of the molecule is CCCCCCOc1ccc(-c2ccc(C(=O)CC(CCCc3ccccc3)C(=O)O)cc2)cc1. The van der Waals surface area contributed by atoms with Crippen molar-refractivity contribution in [2.75, 3.05) is 6.61 Å². The zero-order valence-corrected chi connectivity index (χ0v) is 20.6. The minimum atomic E-state index is -0.907. The van der Waals surface area contributed by atoms with Gasteiger partial charge in [-0.25, -0.2) is 0 Å². The Bertz CT molecular complexity index is 1040. The van der Waals surface area contributed by atoms with Crippen molar-refractivity contribution in [2.45, 2.75) is 58.3 Å². The number of carboxylic acid groups (broad SMARTS) is 1. The number of ether oxygens (including phenoxy) is 1. The van der Waals surface area contributed by atoms with Gasteiger partial charge in [-0.1, -0.05) is 92.9 Å². The Balaban J connectivity index is 1.51. The summed E-state index contributed by atoms with van der Waals surface area (Å²) in [5.74, 6) is -0.837. The molecule has 3 rings (SSSR count). The standard InChI is InChI=1S/C31H36O4/c1-2-3-4-8-22-35-29-20-18-26(19-21-29)25-14-16-27(17-15-25)30(32)23-28(31(33)34)13-9-12-24-10-6-5-7-11-24/h5-7,10-11,14-21,28H,2-4,8-9,12-13,22-23H2,1H3,(H,33,34). The summed E-state index contributed by atoms with van der Waals surface area (Å²) < 4.78 is 5.81. The molecule has 0 saturated heterocycles. The third-order valence-electron chi connectivity index (χ3n) is 6.30. The molecule has 3 aromatic rings. The number of carbonyl (C=O) groups excluding carboxylic acids is 1. The average Bonchev–Trinajstić information content (AvgIpc) is 2.89. The van der Waals surface area contributed by atoms with Gasteiger partial charge in [-0.05, 0) is 54.5 Å². The van der Waals surface area contributed by atoms with Crippen molar-refractivity contribution in [2.24, 2.45) is 5.92 Å². The zero-order valence-electron chi connectivity index (χ0n) is 20.6. The van der Waals surface area contributed by atoms with Gasteiger partial charge in [-0.3, -0.25) is 9.59 Å². The molecule has 0 aliphatic carbocycles. The molecule has 0 spiro atoms. The van der Waals surface area contributed by atoms with Crippen LogP contribution in [0.2, 0.25) is 0 Å². The number of hydrogen-bond donors (Lipinski definition) is 1. The van der Waals surface area contributed by atoms with Crippen molar-refractivity contribution in [3.8, 4) is 16.9 Å². The molecule has 4 nitrogen and oxygen atoms in total. The molecule has 1 N–H and O–H groups in total. The highest BCUT2D eigenvalue weighted by atomic mass is 16.5. The first-order valence-electron chi connectivity index (χ1n) is 12.7. The smallest absolute Gasteiger partial charge is 0.306 e. The van der Waals surface area contributed by atoms with Crippen LogP contribution >= 0.6 is 0 Å². The molecular weight excluding hydrogens is 436 g/mol. The number of unbranched alkanes of at least 4 members (excludes halogenated alkanes) is 3. The molecule has 184 valence electrons. The lowest BCUT2D eigenvalue weighted by Crippen LogP contribution is -2.18. The van der Waals surface area contributed by atoms with Crippen molar-refractivity contribution in [1.82, 2.24) is 0 Å². The lowest BCUT2D eigenvalue weighted by Gasteiger charge is -2.12. The monoisotopic (exact) mass is 472 g/mol. The topological polar surface area (TPSA) is 63.6 Å². The van der Waals surface area contributed by atoms with E-state index >= 15 is 0 Å². The lowest BCUT2D eigenvalue weighted by atomic mass is 9.92. The van der Waals surface area contributed by atoms with Gasteiger partial charge in [-0.2, -0.15) is 0 Å². The predicted octanol–water partition coefficient (Wildman–Crippen LogP) is 7.61. The Morgan fingerprint density at radius 1 is 0.800 bits per heavy atom. The van der Waals surface area contributed by atoms with E-state index in [-0.39, 0.29) is 12.2 Å². The number of aliphatic carboxylic acids is 1. The van der Waals surface area contributed by atoms with Gasteiger partial charge in [0.15, 0.2) is 5.78 Å². The third kappa shape index (κ3) is 8.71. The van der Waals surface area contributed by atoms with E-state index in [4.69, 9.17) is 4.74 Å². The van der Waals surface area contributed by atoms with E-state index in [9.17, 15) is 14.7 Å². The summed E-state index contributed by atoms with van der Waals surface area (Å²) in [7, 11) is 0. The molecule has 0 aliphatic rings. The summed E-state index contributed by atoms with van der Waals surface area (Å²) in [6, 6.07) is 25.4. The maximum atomic E-state index is 12.8. The third-order valence-corrected chi connectivity index (χ3v) is 6.30. The highest BCUT2D eigenvalue weighted by molar-refractivity contribution is 5.98. The molecule has 0 heterocycles. The van der Waals surface area contributed by atoms with Gasteiger partial charge < -0.3 is 9.84 Å². The van der Waals surface area contributed by atoms with Crippen LogP contribution < -0.4 is 4.74 Å². The Hall–Kier alpha value is -3.40. The lowest BCUT2D eigenvalue weighted by molar-refractivity contribution is -0.141. The molecule has 0 amide bonds. The van der Waals surface area contributed by atoms with Crippen molar-refractivity contribution in [3.05, 3.63) is 90.0 Å². The Labute approximate surface area is 209 Å². The average molecular weight is 473 g/mol. The first-order valence-corrected chi connectivity index (χ1v) is 12.7. The maximum Gasteiger partial charge on any atom is 0.306 e. The molecule has 0 aliphatic heterocycles. The molecule has 0 fully saturated rings. The van der Waals surface area contributed by atoms with Crippen LogP contribution in [-0.2, 0) is 11.2 Å². The number of benzene rings is 3. The summed E-state index contributed by atoms with van der Waals surface area (Å²) in [5.41, 5.74) is 3.79. The van der Waals surface area contributed by atoms with E-state index < -0.39 is 11.9 Å². The summed E-state index contributed by atoms with van der Waals surface area (Å²) in [4.78, 5) is 24.5. The van der Waals surface area contributed by atoms with Crippen LogP contribution in [0.1, 0.15) is 67.8 Å². The summed E-state index contributed by atoms with van der Waals surface area (Å²) in [5, 5.41) is 9.61. The zero-order chi connectivity index (χ0) is 24.9. The number of rotatable bonds is 15. The minimum absolute atomic E-state index is 0.0216. The van der Waals surface area contributed by atoms with Gasteiger partial charge in [0, 0.05) is 12.0 Å². The largest absolute Gasteiger partial charge is 0.494 e. The fourth-order valence-corrected chi connectivity index (χ4v) is 4.16. The molecule has 3 aromatic carbocycles. The second-order valence-electron chi connectivity index (χ2n) is 9.05. The van der Waals surface area contributed by atoms with E-state index in [1.54, 1.807) is 12.1 Å². The molecule has 0 saturated carbocycles. The first kappa shape index (κ1) is 26.2. The van der Waals surface area contributed by atoms with Crippen molar-refractivity contribution < 1.29 is 19.4 Å². The molecule has 1 unspecified atom stereocenters. The molecule has 0 bridgehead atoms. The van der Waals surface area contributed by atoms with Crippen molar-refractivity contribution in [1.29, 1.82) is 0 Å². The van der Waals surface area contributed by atoms with Gasteiger partial charge in [0.1, 0.15) is 5.75 Å². The number of Topliss-reactive ketones (excluding diaryl/α,β-unsaturated/α-hetero) is 1. The number of carbonyl (C=O) groups is 2. The maximum absolute atomic E-state index is 12.8. The van der Waals surface area contributed by atoms with E-state index in [1.165, 1.54) is 24.8 Å². The van der Waals surface area contributed by atoms with Crippen LogP contribution in [0.5, 0.6) is 5.75 Å². The minimum Gasteiger partial charge on any atom is -0.494 e. The second kappa shape index (κ2) is 14.1. The van der Waals surface area contributed by atoms with Gasteiger partial charge in [0.2, 0.25) is 0 Å². The fourth-order valence-electron chi connectivity index (χ4n) is 4.16. The highest BCUT2D eigenvalue weighted by Gasteiger charge is 2.21. The number of ketones is 1. The van der Waals surface area contributed by atoms with Crippen LogP contribution in [0, 0.1) is 5.92 Å². The summed E-state index contributed by atoms with van der Waals surface area (Å²) in [6.07, 6.45) is 6.79. The van der Waals surface area contributed by atoms with Crippen LogP contribution in [0.25, 0.3) is 11.1 Å². The molecular formula is C31H36O4. The quantitative estimate of drug-likeness (QED) is 0.183. The molecule has 4 heteroatoms. The Kier molecular flexibility index (Phi) is 10.6. The molecule has 0 radical (unpaired) electrons. The summed E-state index contributed by atoms with van der Waals surface area (Å²) in [6.45, 7) is 2.93. The van der Waals surface area contributed by atoms with E-state index in [0.717, 1.165) is 42.7 Å². The van der Waals surface area contributed by atoms with Crippen LogP contribution in [0.4, 0.5) is 0 Å². The normalized spacial score (nSPS) is 11.7. The second-order valence-corrected chi connectivity index (χ2v) is 9.05. The Morgan fingerprint density at radius 2 is 1.46 bits per heavy atom.